The van der Waals surface area contributed by atoms with Crippen molar-refractivity contribution in [3.63, 3.8) is 0 Å². The Morgan fingerprint density at radius 2 is 2.05 bits per heavy atom. The number of nitrogens with one attached hydrogen (secondary N) is 1. The number of thiazole rings is 1. The van der Waals surface area contributed by atoms with Gasteiger partial charge < -0.3 is 9.47 Å². The fourth-order valence-corrected chi connectivity index (χ4v) is 3.29. The van der Waals surface area contributed by atoms with E-state index in [9.17, 15) is 4.79 Å². The van der Waals surface area contributed by atoms with E-state index in [1.54, 1.807) is 42.7 Å². The van der Waals surface area contributed by atoms with Crippen LogP contribution in [0.1, 0.15) is 17.0 Å². The van der Waals surface area contributed by atoms with Crippen molar-refractivity contribution in [3.05, 3.63) is 34.8 Å². The van der Waals surface area contributed by atoms with E-state index in [1.165, 1.54) is 11.3 Å². The molecule has 0 bridgehead atoms. The number of carbonyl (C=O) groups excluding carboxylic acids is 1. The fourth-order valence-electron chi connectivity index (χ4n) is 2.22. The van der Waals surface area contributed by atoms with E-state index in [4.69, 9.17) is 9.47 Å². The number of methoxy groups -OCH3 is 1. The molecule has 1 aliphatic rings. The smallest absolute Gasteiger partial charge is 0.264 e. The van der Waals surface area contributed by atoms with Gasteiger partial charge in [-0.15, -0.1) is 11.3 Å². The van der Waals surface area contributed by atoms with Gasteiger partial charge in [0, 0.05) is 4.88 Å². The summed E-state index contributed by atoms with van der Waals surface area (Å²) in [4.78, 5) is 17.6. The summed E-state index contributed by atoms with van der Waals surface area (Å²) in [7, 11) is 1.61. The molecule has 1 aromatic heterocycles. The Kier molecular flexibility index (Phi) is 4.06. The normalized spacial score (nSPS) is 12.8. The van der Waals surface area contributed by atoms with Crippen molar-refractivity contribution >= 4 is 22.4 Å². The van der Waals surface area contributed by atoms with Gasteiger partial charge in [0.25, 0.3) is 5.91 Å². The van der Waals surface area contributed by atoms with Crippen molar-refractivity contribution in [2.24, 2.45) is 0 Å². The standard InChI is InChI=1S/C15H16N2O3S/c1-19-10-5-7-11(8-6-10)20-9-14(18)17-15-16-12-3-2-4-13(12)21-15/h5-8H,2-4,9H2,1H3,(H,16,17,18). The van der Waals surface area contributed by atoms with Gasteiger partial charge in [-0.1, -0.05) is 0 Å². The van der Waals surface area contributed by atoms with Crippen LogP contribution in [0.4, 0.5) is 5.13 Å². The van der Waals surface area contributed by atoms with Crippen LogP contribution in [0, 0.1) is 0 Å². The van der Waals surface area contributed by atoms with Crippen LogP contribution in [0.2, 0.25) is 0 Å². The first-order valence-corrected chi connectivity index (χ1v) is 7.61. The Morgan fingerprint density at radius 1 is 1.29 bits per heavy atom. The maximum atomic E-state index is 11.8. The summed E-state index contributed by atoms with van der Waals surface area (Å²) in [5.41, 5.74) is 1.13. The first-order valence-electron chi connectivity index (χ1n) is 6.80. The average Bonchev–Trinajstić information content (AvgIpc) is 3.07. The fraction of sp³-hybridized carbons (Fsp3) is 0.333. The monoisotopic (exact) mass is 304 g/mol. The third kappa shape index (κ3) is 3.33. The first-order chi connectivity index (χ1) is 10.2. The van der Waals surface area contributed by atoms with E-state index in [-0.39, 0.29) is 12.5 Å². The second kappa shape index (κ2) is 6.13. The molecule has 110 valence electrons. The lowest BCUT2D eigenvalue weighted by Crippen LogP contribution is -2.20. The maximum Gasteiger partial charge on any atom is 0.264 e. The van der Waals surface area contributed by atoms with Gasteiger partial charge in [0.1, 0.15) is 11.5 Å². The number of aryl methyl sites for hydroxylation is 2. The molecule has 1 aromatic carbocycles. The summed E-state index contributed by atoms with van der Waals surface area (Å²) < 4.78 is 10.5. The number of carbonyl (C=O) groups is 1. The van der Waals surface area contributed by atoms with Crippen molar-refractivity contribution in [2.45, 2.75) is 19.3 Å². The molecule has 1 heterocycles. The second-order valence-corrected chi connectivity index (χ2v) is 5.84. The minimum atomic E-state index is -0.196. The number of rotatable bonds is 5. The predicted octanol–water partition coefficient (Wildman–Crippen LogP) is 2.66. The Labute approximate surface area is 126 Å². The Balaban J connectivity index is 1.51. The van der Waals surface area contributed by atoms with Gasteiger partial charge in [-0.25, -0.2) is 4.98 Å². The van der Waals surface area contributed by atoms with E-state index in [0.29, 0.717) is 10.9 Å². The Morgan fingerprint density at radius 3 is 2.76 bits per heavy atom. The van der Waals surface area contributed by atoms with Crippen LogP contribution in [0.15, 0.2) is 24.3 Å². The summed E-state index contributed by atoms with van der Waals surface area (Å²) >= 11 is 1.56. The van der Waals surface area contributed by atoms with Crippen LogP contribution in [-0.2, 0) is 17.6 Å². The maximum absolute atomic E-state index is 11.8. The summed E-state index contributed by atoms with van der Waals surface area (Å²) in [5.74, 6) is 1.19. The topological polar surface area (TPSA) is 60.5 Å². The van der Waals surface area contributed by atoms with Gasteiger partial charge in [0.2, 0.25) is 0 Å². The summed E-state index contributed by atoms with van der Waals surface area (Å²) in [5, 5.41) is 3.45. The lowest BCUT2D eigenvalue weighted by molar-refractivity contribution is -0.118. The van der Waals surface area contributed by atoms with Crippen LogP contribution >= 0.6 is 11.3 Å². The third-order valence-electron chi connectivity index (χ3n) is 3.27. The van der Waals surface area contributed by atoms with E-state index in [0.717, 1.165) is 24.3 Å². The minimum Gasteiger partial charge on any atom is -0.497 e. The molecule has 1 aliphatic carbocycles. The van der Waals surface area contributed by atoms with Gasteiger partial charge >= 0.3 is 0 Å². The number of fused-ring (bicyclic) bond motifs is 1. The van der Waals surface area contributed by atoms with Crippen molar-refractivity contribution in [2.75, 3.05) is 19.0 Å². The number of hydrogen-bond donors (Lipinski definition) is 1. The molecular formula is C15H16N2O3S. The van der Waals surface area contributed by atoms with E-state index < -0.39 is 0 Å². The largest absolute Gasteiger partial charge is 0.497 e. The number of hydrogen-bond acceptors (Lipinski definition) is 5. The first kappa shape index (κ1) is 13.9. The van der Waals surface area contributed by atoms with Gasteiger partial charge in [-0.05, 0) is 43.5 Å². The molecule has 0 aliphatic heterocycles. The number of amides is 1. The second-order valence-electron chi connectivity index (χ2n) is 4.75. The third-order valence-corrected chi connectivity index (χ3v) is 4.34. The molecule has 0 saturated carbocycles. The van der Waals surface area contributed by atoms with Crippen LogP contribution in [0.25, 0.3) is 0 Å². The van der Waals surface area contributed by atoms with Crippen molar-refractivity contribution < 1.29 is 14.3 Å². The molecule has 0 unspecified atom stereocenters. The molecule has 5 nitrogen and oxygen atoms in total. The Hall–Kier alpha value is -2.08. The van der Waals surface area contributed by atoms with Crippen LogP contribution in [0.3, 0.4) is 0 Å². The van der Waals surface area contributed by atoms with Gasteiger partial charge in [0.05, 0.1) is 12.8 Å². The highest BCUT2D eigenvalue weighted by molar-refractivity contribution is 7.15. The average molecular weight is 304 g/mol. The van der Waals surface area contributed by atoms with Gasteiger partial charge in [0.15, 0.2) is 11.7 Å². The summed E-state index contributed by atoms with van der Waals surface area (Å²) in [6.45, 7) is -0.0312. The molecule has 6 heteroatoms. The number of ether oxygens (including phenoxy) is 2. The molecule has 21 heavy (non-hydrogen) atoms. The number of nitrogens with zero attached hydrogens (tertiary/aromatic N) is 1. The van der Waals surface area contributed by atoms with Crippen molar-refractivity contribution in [1.29, 1.82) is 0 Å². The molecule has 0 spiro atoms. The lowest BCUT2D eigenvalue weighted by atomic mass is 10.3. The van der Waals surface area contributed by atoms with Gasteiger partial charge in [-0.2, -0.15) is 0 Å². The van der Waals surface area contributed by atoms with Crippen molar-refractivity contribution in [1.82, 2.24) is 4.98 Å². The van der Waals surface area contributed by atoms with Crippen LogP contribution in [-0.4, -0.2) is 24.6 Å². The number of anilines is 1. The van der Waals surface area contributed by atoms with Crippen molar-refractivity contribution in [3.8, 4) is 11.5 Å². The summed E-state index contributed by atoms with van der Waals surface area (Å²) in [6.07, 6.45) is 3.26. The number of benzene rings is 1. The van der Waals surface area contributed by atoms with Crippen LogP contribution < -0.4 is 14.8 Å². The predicted molar refractivity (Wildman–Crippen MR) is 81.3 cm³/mol. The molecule has 1 N–H and O–H groups in total. The lowest BCUT2D eigenvalue weighted by Gasteiger charge is -2.06. The molecule has 0 saturated heterocycles. The highest BCUT2D eigenvalue weighted by Gasteiger charge is 2.17. The molecule has 0 atom stereocenters. The molecule has 3 rings (SSSR count). The van der Waals surface area contributed by atoms with E-state index in [2.05, 4.69) is 10.3 Å². The van der Waals surface area contributed by atoms with E-state index >= 15 is 0 Å². The highest BCUT2D eigenvalue weighted by Crippen LogP contribution is 2.30. The zero-order valence-electron chi connectivity index (χ0n) is 11.7. The molecule has 1 amide bonds. The molecular weight excluding hydrogens is 288 g/mol. The highest BCUT2D eigenvalue weighted by atomic mass is 32.1. The summed E-state index contributed by atoms with van der Waals surface area (Å²) in [6, 6.07) is 7.12. The minimum absolute atomic E-state index is 0.0312. The van der Waals surface area contributed by atoms with E-state index in [1.807, 2.05) is 0 Å². The van der Waals surface area contributed by atoms with Crippen LogP contribution in [0.5, 0.6) is 11.5 Å². The SMILES string of the molecule is COc1ccc(OCC(=O)Nc2nc3c(s2)CCC3)cc1. The molecule has 0 radical (unpaired) electrons. The molecule has 0 fully saturated rings. The zero-order chi connectivity index (χ0) is 14.7. The Bertz CT molecular complexity index is 615. The number of aromatic nitrogens is 1. The van der Waals surface area contributed by atoms with Gasteiger partial charge in [-0.3, -0.25) is 10.1 Å². The molecule has 2 aromatic rings. The zero-order valence-corrected chi connectivity index (χ0v) is 12.5. The quantitative estimate of drug-likeness (QED) is 0.922.